The Labute approximate surface area is 94.8 Å². The van der Waals surface area contributed by atoms with Crippen molar-refractivity contribution in [3.63, 3.8) is 0 Å². The molecule has 15 heavy (non-hydrogen) atoms. The first-order chi connectivity index (χ1) is 7.17. The molecule has 0 N–H and O–H groups in total. The van der Waals surface area contributed by atoms with Crippen LogP contribution in [0.15, 0.2) is 18.5 Å². The molecule has 0 aliphatic carbocycles. The molecule has 0 fully saturated rings. The monoisotopic (exact) mass is 230 g/mol. The number of likely N-dealkylation sites (N-methyl/N-ethyl adjacent to an activating group) is 1. The Morgan fingerprint density at radius 1 is 1.40 bits per heavy atom. The maximum Gasteiger partial charge on any atom is 0.174 e. The molecule has 4 nitrogen and oxygen atoms in total. The van der Waals surface area contributed by atoms with Gasteiger partial charge in [0.1, 0.15) is 0 Å². The van der Waals surface area contributed by atoms with E-state index in [0.717, 1.165) is 5.69 Å². The Hall–Kier alpha value is -0.840. The number of methoxy groups -OCH3 is 2. The molecule has 0 amide bonds. The van der Waals surface area contributed by atoms with Crippen LogP contribution in [-0.4, -0.2) is 39.1 Å². The minimum atomic E-state index is -0.256. The summed E-state index contributed by atoms with van der Waals surface area (Å²) in [4.78, 5) is 5.98. The maximum absolute atomic E-state index is 5.84. The molecule has 1 aromatic heterocycles. The Balaban J connectivity index is 2.64. The largest absolute Gasteiger partial charge is 0.368 e. The van der Waals surface area contributed by atoms with Gasteiger partial charge in [-0.3, -0.25) is 4.98 Å². The quantitative estimate of drug-likeness (QED) is 0.723. The normalized spacial score (nSPS) is 10.7. The molecule has 0 saturated heterocycles. The van der Waals surface area contributed by atoms with Gasteiger partial charge < -0.3 is 14.4 Å². The lowest BCUT2D eigenvalue weighted by Crippen LogP contribution is -2.31. The number of hydrogen-bond acceptors (Lipinski definition) is 4. The number of aromatic nitrogens is 1. The number of anilines is 1. The lowest BCUT2D eigenvalue weighted by Gasteiger charge is -2.23. The summed E-state index contributed by atoms with van der Waals surface area (Å²) in [6.45, 7) is 0.620. The first-order valence-electron chi connectivity index (χ1n) is 4.54. The van der Waals surface area contributed by atoms with Gasteiger partial charge in [0.05, 0.1) is 23.5 Å². The van der Waals surface area contributed by atoms with Gasteiger partial charge in [0.2, 0.25) is 0 Å². The molecule has 0 bridgehead atoms. The van der Waals surface area contributed by atoms with Crippen LogP contribution in [-0.2, 0) is 9.47 Å². The van der Waals surface area contributed by atoms with E-state index in [2.05, 4.69) is 4.98 Å². The van der Waals surface area contributed by atoms with E-state index in [0.29, 0.717) is 11.6 Å². The summed E-state index contributed by atoms with van der Waals surface area (Å²) in [7, 11) is 5.15. The fourth-order valence-electron chi connectivity index (χ4n) is 1.18. The molecule has 0 unspecified atom stereocenters. The fraction of sp³-hybridized carbons (Fsp3) is 0.500. The van der Waals surface area contributed by atoms with E-state index in [9.17, 15) is 0 Å². The average Bonchev–Trinajstić information content (AvgIpc) is 2.25. The number of hydrogen-bond donors (Lipinski definition) is 0. The second-order valence-corrected chi connectivity index (χ2v) is 3.58. The SMILES string of the molecule is COC(CN(C)c1cncc(Cl)c1)OC. The van der Waals surface area contributed by atoms with Crippen LogP contribution < -0.4 is 4.90 Å². The summed E-state index contributed by atoms with van der Waals surface area (Å²) in [5.41, 5.74) is 0.932. The van der Waals surface area contributed by atoms with Crippen molar-refractivity contribution >= 4 is 17.3 Å². The van der Waals surface area contributed by atoms with Gasteiger partial charge >= 0.3 is 0 Å². The van der Waals surface area contributed by atoms with Gasteiger partial charge in [-0.2, -0.15) is 0 Å². The molecule has 0 saturated carbocycles. The van der Waals surface area contributed by atoms with Gasteiger partial charge in [-0.1, -0.05) is 11.6 Å². The average molecular weight is 231 g/mol. The molecule has 0 spiro atoms. The summed E-state index contributed by atoms with van der Waals surface area (Å²) in [6.07, 6.45) is 3.09. The van der Waals surface area contributed by atoms with Crippen molar-refractivity contribution in [2.75, 3.05) is 32.7 Å². The van der Waals surface area contributed by atoms with Crippen LogP contribution in [0.5, 0.6) is 0 Å². The van der Waals surface area contributed by atoms with Crippen molar-refractivity contribution in [2.24, 2.45) is 0 Å². The Morgan fingerprint density at radius 2 is 2.07 bits per heavy atom. The van der Waals surface area contributed by atoms with E-state index in [-0.39, 0.29) is 6.29 Å². The van der Waals surface area contributed by atoms with Crippen molar-refractivity contribution in [3.05, 3.63) is 23.5 Å². The van der Waals surface area contributed by atoms with Crippen molar-refractivity contribution < 1.29 is 9.47 Å². The van der Waals surface area contributed by atoms with Crippen molar-refractivity contribution in [2.45, 2.75) is 6.29 Å². The molecule has 0 atom stereocenters. The summed E-state index contributed by atoms with van der Waals surface area (Å²) < 4.78 is 10.2. The zero-order valence-electron chi connectivity index (χ0n) is 9.11. The van der Waals surface area contributed by atoms with Crippen molar-refractivity contribution in [1.29, 1.82) is 0 Å². The van der Waals surface area contributed by atoms with Gasteiger partial charge in [-0.15, -0.1) is 0 Å². The standard InChI is InChI=1S/C10H15ClN2O2/c1-13(7-10(14-2)15-3)9-4-8(11)5-12-6-9/h4-6,10H,7H2,1-3H3. The van der Waals surface area contributed by atoms with Crippen LogP contribution in [0.1, 0.15) is 0 Å². The van der Waals surface area contributed by atoms with E-state index in [1.165, 1.54) is 0 Å². The number of nitrogens with zero attached hydrogens (tertiary/aromatic N) is 2. The molecular weight excluding hydrogens is 216 g/mol. The minimum absolute atomic E-state index is 0.256. The zero-order valence-corrected chi connectivity index (χ0v) is 9.86. The third-order valence-corrected chi connectivity index (χ3v) is 2.29. The molecule has 1 heterocycles. The molecule has 5 heteroatoms. The van der Waals surface area contributed by atoms with Gasteiger partial charge in [-0.25, -0.2) is 0 Å². The van der Waals surface area contributed by atoms with E-state index in [4.69, 9.17) is 21.1 Å². The topological polar surface area (TPSA) is 34.6 Å². The van der Waals surface area contributed by atoms with Gasteiger partial charge in [0.15, 0.2) is 6.29 Å². The van der Waals surface area contributed by atoms with Crippen LogP contribution in [0.25, 0.3) is 0 Å². The summed E-state index contributed by atoms with van der Waals surface area (Å²) in [5.74, 6) is 0. The molecule has 0 aromatic carbocycles. The number of pyridine rings is 1. The van der Waals surface area contributed by atoms with E-state index < -0.39 is 0 Å². The highest BCUT2D eigenvalue weighted by atomic mass is 35.5. The Morgan fingerprint density at radius 3 is 2.60 bits per heavy atom. The number of rotatable bonds is 5. The molecule has 84 valence electrons. The smallest absolute Gasteiger partial charge is 0.174 e. The summed E-state index contributed by atoms with van der Waals surface area (Å²) >= 11 is 5.84. The van der Waals surface area contributed by atoms with Crippen LogP contribution >= 0.6 is 11.6 Å². The van der Waals surface area contributed by atoms with Gasteiger partial charge in [0, 0.05) is 27.5 Å². The van der Waals surface area contributed by atoms with Crippen LogP contribution in [0.3, 0.4) is 0 Å². The highest BCUT2D eigenvalue weighted by Gasteiger charge is 2.10. The molecule has 0 aliphatic heterocycles. The lowest BCUT2D eigenvalue weighted by molar-refractivity contribution is -0.0944. The van der Waals surface area contributed by atoms with E-state index in [1.807, 2.05) is 18.0 Å². The molecule has 1 aromatic rings. The van der Waals surface area contributed by atoms with Crippen LogP contribution in [0.2, 0.25) is 5.02 Å². The number of halogens is 1. The highest BCUT2D eigenvalue weighted by molar-refractivity contribution is 6.30. The second-order valence-electron chi connectivity index (χ2n) is 3.14. The molecule has 1 rings (SSSR count). The summed E-state index contributed by atoms with van der Waals surface area (Å²) in [6, 6.07) is 1.84. The third-order valence-electron chi connectivity index (χ3n) is 2.08. The van der Waals surface area contributed by atoms with E-state index >= 15 is 0 Å². The highest BCUT2D eigenvalue weighted by Crippen LogP contribution is 2.16. The minimum Gasteiger partial charge on any atom is -0.368 e. The third kappa shape index (κ3) is 3.66. The van der Waals surface area contributed by atoms with Gasteiger partial charge in [0.25, 0.3) is 0 Å². The predicted molar refractivity (Wildman–Crippen MR) is 60.3 cm³/mol. The predicted octanol–water partition coefficient (Wildman–Crippen LogP) is 1.79. The first kappa shape index (κ1) is 12.2. The van der Waals surface area contributed by atoms with Gasteiger partial charge in [-0.05, 0) is 6.07 Å². The summed E-state index contributed by atoms with van der Waals surface area (Å²) in [5, 5.41) is 0.616. The molecular formula is C10H15ClN2O2. The van der Waals surface area contributed by atoms with Crippen LogP contribution in [0, 0.1) is 0 Å². The first-order valence-corrected chi connectivity index (χ1v) is 4.92. The zero-order chi connectivity index (χ0) is 11.3. The molecule has 0 radical (unpaired) electrons. The van der Waals surface area contributed by atoms with E-state index in [1.54, 1.807) is 26.6 Å². The number of ether oxygens (including phenoxy) is 2. The maximum atomic E-state index is 5.84. The molecule has 0 aliphatic rings. The second kappa shape index (κ2) is 5.90. The fourth-order valence-corrected chi connectivity index (χ4v) is 1.35. The Bertz CT molecular complexity index is 305. The van der Waals surface area contributed by atoms with Crippen molar-refractivity contribution in [1.82, 2.24) is 4.98 Å². The lowest BCUT2D eigenvalue weighted by atomic mass is 10.4. The Kier molecular flexibility index (Phi) is 4.81. The van der Waals surface area contributed by atoms with Crippen LogP contribution in [0.4, 0.5) is 5.69 Å². The van der Waals surface area contributed by atoms with Crippen molar-refractivity contribution in [3.8, 4) is 0 Å².